The van der Waals surface area contributed by atoms with Crippen LogP contribution in [0.15, 0.2) is 24.3 Å². The number of rotatable bonds is 8. The first-order valence-electron chi connectivity index (χ1n) is 9.89. The fraction of sp³-hybridized carbons (Fsp3) is 0.650. The maximum absolute atomic E-state index is 13.0. The van der Waals surface area contributed by atoms with Crippen molar-refractivity contribution in [1.82, 2.24) is 20.7 Å². The summed E-state index contributed by atoms with van der Waals surface area (Å²) in [5.41, 5.74) is 7.00. The van der Waals surface area contributed by atoms with Crippen LogP contribution in [-0.4, -0.2) is 85.5 Å². The molecule has 4 N–H and O–H groups in total. The van der Waals surface area contributed by atoms with E-state index in [2.05, 4.69) is 15.8 Å². The maximum atomic E-state index is 13.0. The molecule has 2 saturated heterocycles. The SMILES string of the molecule is COCCN(C)C[C@@H]1CN(C(=O)C2CC(c3ccccc3O)NN2)C[C@@H]1CO. The van der Waals surface area contributed by atoms with E-state index in [-0.39, 0.29) is 42.2 Å². The molecule has 8 heteroatoms. The summed E-state index contributed by atoms with van der Waals surface area (Å²) in [6.45, 7) is 3.65. The van der Waals surface area contributed by atoms with E-state index in [1.807, 2.05) is 24.1 Å². The maximum Gasteiger partial charge on any atom is 0.241 e. The Labute approximate surface area is 166 Å². The summed E-state index contributed by atoms with van der Waals surface area (Å²) >= 11 is 0. The summed E-state index contributed by atoms with van der Waals surface area (Å²) in [6.07, 6.45) is 0.578. The number of aromatic hydroxyl groups is 1. The molecule has 1 amide bonds. The highest BCUT2D eigenvalue weighted by atomic mass is 16.5. The number of ether oxygens (including phenoxy) is 1. The molecule has 2 fully saturated rings. The molecule has 2 heterocycles. The Balaban J connectivity index is 1.56. The average Bonchev–Trinajstić information content (AvgIpc) is 3.33. The van der Waals surface area contributed by atoms with E-state index in [1.54, 1.807) is 19.2 Å². The Morgan fingerprint density at radius 1 is 1.29 bits per heavy atom. The van der Waals surface area contributed by atoms with Gasteiger partial charge >= 0.3 is 0 Å². The summed E-state index contributed by atoms with van der Waals surface area (Å²) < 4.78 is 5.12. The van der Waals surface area contributed by atoms with E-state index in [1.165, 1.54) is 0 Å². The number of nitrogens with zero attached hydrogens (tertiary/aromatic N) is 2. The molecule has 156 valence electrons. The van der Waals surface area contributed by atoms with E-state index in [4.69, 9.17) is 4.74 Å². The zero-order chi connectivity index (χ0) is 20.1. The largest absolute Gasteiger partial charge is 0.508 e. The Morgan fingerprint density at radius 2 is 2.04 bits per heavy atom. The first kappa shape index (κ1) is 21.0. The molecule has 4 atom stereocenters. The van der Waals surface area contributed by atoms with Crippen LogP contribution in [0.5, 0.6) is 5.75 Å². The predicted molar refractivity (Wildman–Crippen MR) is 106 cm³/mol. The summed E-state index contributed by atoms with van der Waals surface area (Å²) in [6, 6.07) is 6.74. The third kappa shape index (κ3) is 4.82. The second kappa shape index (κ2) is 9.67. The molecule has 0 radical (unpaired) electrons. The van der Waals surface area contributed by atoms with Gasteiger partial charge in [0.05, 0.1) is 12.6 Å². The lowest BCUT2D eigenvalue weighted by atomic mass is 9.96. The molecule has 3 rings (SSSR count). The molecule has 2 aliphatic heterocycles. The number of carbonyl (C=O) groups excluding carboxylic acids is 1. The quantitative estimate of drug-likeness (QED) is 0.492. The Kier molecular flexibility index (Phi) is 7.25. The number of aliphatic hydroxyl groups is 1. The molecule has 0 spiro atoms. The fourth-order valence-corrected chi connectivity index (χ4v) is 4.20. The van der Waals surface area contributed by atoms with E-state index in [9.17, 15) is 15.0 Å². The van der Waals surface area contributed by atoms with Crippen LogP contribution in [0.4, 0.5) is 0 Å². The molecule has 2 unspecified atom stereocenters. The lowest BCUT2D eigenvalue weighted by Crippen LogP contribution is -2.45. The first-order chi connectivity index (χ1) is 13.5. The zero-order valence-electron chi connectivity index (χ0n) is 16.7. The van der Waals surface area contributed by atoms with Crippen molar-refractivity contribution in [1.29, 1.82) is 0 Å². The summed E-state index contributed by atoms with van der Waals surface area (Å²) in [4.78, 5) is 17.1. The first-order valence-corrected chi connectivity index (χ1v) is 9.89. The minimum absolute atomic E-state index is 0.0471. The zero-order valence-corrected chi connectivity index (χ0v) is 16.7. The number of nitrogens with one attached hydrogen (secondary N) is 2. The standard InChI is InChI=1S/C20H32N4O4/c1-23(7-8-28-2)10-14-11-24(12-15(14)13-25)20(27)18-9-17(21-22-18)16-5-3-4-6-19(16)26/h3-6,14-15,17-18,21-22,25-26H,7-13H2,1-2H3/t14-,15-,17?,18?/m1/s1. The van der Waals surface area contributed by atoms with Gasteiger partial charge in [0.15, 0.2) is 0 Å². The van der Waals surface area contributed by atoms with E-state index in [0.717, 1.165) is 18.7 Å². The van der Waals surface area contributed by atoms with Crippen molar-refractivity contribution in [3.63, 3.8) is 0 Å². The minimum atomic E-state index is -0.339. The van der Waals surface area contributed by atoms with E-state index >= 15 is 0 Å². The third-order valence-electron chi connectivity index (χ3n) is 5.86. The van der Waals surface area contributed by atoms with Crippen molar-refractivity contribution in [2.75, 3.05) is 53.6 Å². The van der Waals surface area contributed by atoms with Crippen molar-refractivity contribution in [3.05, 3.63) is 29.8 Å². The van der Waals surface area contributed by atoms with Gasteiger partial charge in [-0.2, -0.15) is 0 Å². The number of phenols is 1. The lowest BCUT2D eigenvalue weighted by molar-refractivity contribution is -0.132. The van der Waals surface area contributed by atoms with Crippen LogP contribution in [0.3, 0.4) is 0 Å². The van der Waals surface area contributed by atoms with Gasteiger partial charge in [0.25, 0.3) is 0 Å². The summed E-state index contributed by atoms with van der Waals surface area (Å²) in [5.74, 6) is 0.623. The van der Waals surface area contributed by atoms with Crippen molar-refractivity contribution in [3.8, 4) is 5.75 Å². The number of benzene rings is 1. The number of amides is 1. The van der Waals surface area contributed by atoms with Crippen LogP contribution in [0, 0.1) is 11.8 Å². The van der Waals surface area contributed by atoms with Crippen LogP contribution in [0.1, 0.15) is 18.0 Å². The number of phenolic OH excluding ortho intramolecular Hbond substituents is 1. The van der Waals surface area contributed by atoms with Crippen LogP contribution in [0.2, 0.25) is 0 Å². The van der Waals surface area contributed by atoms with Gasteiger partial charge in [-0.3, -0.25) is 4.79 Å². The predicted octanol–water partition coefficient (Wildman–Crippen LogP) is -0.0551. The van der Waals surface area contributed by atoms with E-state index < -0.39 is 0 Å². The van der Waals surface area contributed by atoms with Crippen LogP contribution in [-0.2, 0) is 9.53 Å². The van der Waals surface area contributed by atoms with Gasteiger partial charge in [0, 0.05) is 51.4 Å². The summed E-state index contributed by atoms with van der Waals surface area (Å²) in [5, 5.41) is 19.8. The van der Waals surface area contributed by atoms with Crippen molar-refractivity contribution in [2.24, 2.45) is 11.8 Å². The Morgan fingerprint density at radius 3 is 2.75 bits per heavy atom. The van der Waals surface area contributed by atoms with Gasteiger partial charge in [-0.25, -0.2) is 10.9 Å². The van der Waals surface area contributed by atoms with Gasteiger partial charge < -0.3 is 24.7 Å². The number of para-hydroxylation sites is 1. The number of hydrogen-bond acceptors (Lipinski definition) is 7. The number of likely N-dealkylation sites (tertiary alicyclic amines) is 1. The van der Waals surface area contributed by atoms with Crippen LogP contribution >= 0.6 is 0 Å². The highest BCUT2D eigenvalue weighted by Crippen LogP contribution is 2.31. The highest BCUT2D eigenvalue weighted by molar-refractivity contribution is 5.82. The molecule has 8 nitrogen and oxygen atoms in total. The summed E-state index contributed by atoms with van der Waals surface area (Å²) in [7, 11) is 3.72. The molecule has 1 aromatic rings. The second-order valence-corrected chi connectivity index (χ2v) is 7.89. The van der Waals surface area contributed by atoms with Crippen molar-refractivity contribution in [2.45, 2.75) is 18.5 Å². The third-order valence-corrected chi connectivity index (χ3v) is 5.86. The molecule has 0 bridgehead atoms. The fourth-order valence-electron chi connectivity index (χ4n) is 4.20. The average molecular weight is 393 g/mol. The second-order valence-electron chi connectivity index (χ2n) is 7.89. The number of likely N-dealkylation sites (N-methyl/N-ethyl adjacent to an activating group) is 1. The number of hydrazine groups is 1. The number of carbonyl (C=O) groups is 1. The van der Waals surface area contributed by atoms with Crippen molar-refractivity contribution < 1.29 is 19.7 Å². The topological polar surface area (TPSA) is 97.3 Å². The van der Waals surface area contributed by atoms with Gasteiger partial charge in [-0.1, -0.05) is 18.2 Å². The number of methoxy groups -OCH3 is 1. The Hall–Kier alpha value is -1.71. The highest BCUT2D eigenvalue weighted by Gasteiger charge is 2.40. The molecule has 28 heavy (non-hydrogen) atoms. The molecular weight excluding hydrogens is 360 g/mol. The van der Waals surface area contributed by atoms with Crippen LogP contribution < -0.4 is 10.9 Å². The van der Waals surface area contributed by atoms with Gasteiger partial charge in [-0.05, 0) is 25.5 Å². The number of aliphatic hydroxyl groups excluding tert-OH is 1. The van der Waals surface area contributed by atoms with Crippen molar-refractivity contribution >= 4 is 5.91 Å². The monoisotopic (exact) mass is 392 g/mol. The molecule has 0 aliphatic carbocycles. The lowest BCUT2D eigenvalue weighted by Gasteiger charge is -2.23. The molecule has 0 saturated carbocycles. The molecule has 1 aromatic carbocycles. The Bertz CT molecular complexity index is 659. The van der Waals surface area contributed by atoms with Gasteiger partial charge in [-0.15, -0.1) is 0 Å². The van der Waals surface area contributed by atoms with Gasteiger partial charge in [0.2, 0.25) is 5.91 Å². The molecule has 2 aliphatic rings. The molecule has 0 aromatic heterocycles. The molecular formula is C20H32N4O4. The van der Waals surface area contributed by atoms with Gasteiger partial charge in [0.1, 0.15) is 11.8 Å². The minimum Gasteiger partial charge on any atom is -0.508 e. The van der Waals surface area contributed by atoms with E-state index in [0.29, 0.717) is 26.1 Å². The number of hydrogen-bond donors (Lipinski definition) is 4. The normalized spacial score (nSPS) is 27.6. The smallest absolute Gasteiger partial charge is 0.241 e. The van der Waals surface area contributed by atoms with Crippen LogP contribution in [0.25, 0.3) is 0 Å².